The number of anilines is 2. The van der Waals surface area contributed by atoms with Crippen LogP contribution in [0.5, 0.6) is 0 Å². The molecule has 0 bridgehead atoms. The molecule has 0 aliphatic carbocycles. The summed E-state index contributed by atoms with van der Waals surface area (Å²) in [6, 6.07) is 10.3. The molecule has 4 aromatic rings. The molecular formula is C26H26AsF3N7OS. The number of piperidine rings is 1. The Bertz CT molecular complexity index is 1480. The van der Waals surface area contributed by atoms with Crippen LogP contribution in [0.2, 0.25) is 4.71 Å². The Morgan fingerprint density at radius 2 is 1.82 bits per heavy atom. The molecule has 2 saturated heterocycles. The van der Waals surface area contributed by atoms with Crippen molar-refractivity contribution < 1.29 is 13.2 Å². The van der Waals surface area contributed by atoms with Crippen molar-refractivity contribution in [1.29, 1.82) is 0 Å². The molecule has 6 rings (SSSR count). The van der Waals surface area contributed by atoms with Crippen molar-refractivity contribution in [2.24, 2.45) is 0 Å². The number of pyridine rings is 1. The first-order valence-electron chi connectivity index (χ1n) is 12.8. The molecule has 0 saturated carbocycles. The number of rotatable bonds is 5. The van der Waals surface area contributed by atoms with E-state index in [0.717, 1.165) is 52.9 Å². The molecule has 13 heteroatoms. The molecule has 2 aliphatic heterocycles. The summed E-state index contributed by atoms with van der Waals surface area (Å²) >= 11 is 1.14. The van der Waals surface area contributed by atoms with Crippen LogP contribution in [0, 0.1) is 0 Å². The molecule has 1 atom stereocenters. The topological polar surface area (TPSA) is 90.0 Å². The molecule has 2 fully saturated rings. The van der Waals surface area contributed by atoms with Crippen molar-refractivity contribution in [3.63, 3.8) is 0 Å². The van der Waals surface area contributed by atoms with E-state index in [9.17, 15) is 18.0 Å². The predicted octanol–water partition coefficient (Wildman–Crippen LogP) is 3.29. The number of hydrogen-bond donors (Lipinski definition) is 2. The van der Waals surface area contributed by atoms with E-state index < -0.39 is 11.7 Å². The summed E-state index contributed by atoms with van der Waals surface area (Å²) in [5.74, 6) is 1.05. The zero-order chi connectivity index (χ0) is 27.0. The third-order valence-electron chi connectivity index (χ3n) is 6.95. The molecular weight excluding hydrogens is 590 g/mol. The average Bonchev–Trinajstić information content (AvgIpc) is 3.37. The van der Waals surface area contributed by atoms with Crippen LogP contribution in [0.3, 0.4) is 0 Å². The van der Waals surface area contributed by atoms with Crippen molar-refractivity contribution in [1.82, 2.24) is 25.3 Å². The Balaban J connectivity index is 1.26. The number of fused-ring (bicyclic) bond motifs is 1. The molecule has 2 N–H and O–H groups in total. The van der Waals surface area contributed by atoms with Gasteiger partial charge in [0.25, 0.3) is 0 Å². The number of nitrogens with one attached hydrogen (secondary N) is 2. The third kappa shape index (κ3) is 5.69. The second-order valence-electron chi connectivity index (χ2n) is 9.58. The molecule has 203 valence electrons. The van der Waals surface area contributed by atoms with Gasteiger partial charge in [0.1, 0.15) is 0 Å². The third-order valence-corrected chi connectivity index (χ3v) is 10.9. The molecule has 39 heavy (non-hydrogen) atoms. The van der Waals surface area contributed by atoms with Gasteiger partial charge in [-0.1, -0.05) is 0 Å². The summed E-state index contributed by atoms with van der Waals surface area (Å²) in [5.41, 5.74) is 0.511. The SMILES string of the molecule is O=c1[nH]c(N2CCN(c3ccc(C(F)(F)F)cn3)CC2)nc([As]C2CCCNC2)c1-c1nc2ccccc2s1. The normalized spacial score (nSPS) is 18.9. The van der Waals surface area contributed by atoms with Crippen molar-refractivity contribution >= 4 is 53.6 Å². The van der Waals surface area contributed by atoms with Crippen LogP contribution >= 0.6 is 11.3 Å². The van der Waals surface area contributed by atoms with Gasteiger partial charge in [-0.2, -0.15) is 13.2 Å². The average molecular weight is 617 g/mol. The van der Waals surface area contributed by atoms with Gasteiger partial charge in [0.15, 0.2) is 0 Å². The van der Waals surface area contributed by atoms with Crippen LogP contribution < -0.4 is 25.2 Å². The van der Waals surface area contributed by atoms with Crippen LogP contribution in [0.15, 0.2) is 47.4 Å². The number of halogens is 3. The first-order chi connectivity index (χ1) is 18.8. The fourth-order valence-corrected chi connectivity index (χ4v) is 8.91. The van der Waals surface area contributed by atoms with Gasteiger partial charge >= 0.3 is 221 Å². The summed E-state index contributed by atoms with van der Waals surface area (Å²) < 4.78 is 41.1. The number of alkyl halides is 3. The van der Waals surface area contributed by atoms with Crippen molar-refractivity contribution in [2.75, 3.05) is 49.1 Å². The Kier molecular flexibility index (Phi) is 7.35. The van der Waals surface area contributed by atoms with E-state index in [1.54, 1.807) is 0 Å². The van der Waals surface area contributed by atoms with Gasteiger partial charge in [-0.25, -0.2) is 0 Å². The van der Waals surface area contributed by atoms with E-state index in [1.807, 2.05) is 34.1 Å². The standard InChI is InChI=1S/C26H26AsF3N7OS/c28-26(29,30)16-7-8-20(32-14-16)36-10-12-37(13-11-36)25-34-22(27-17-4-3-9-31-15-17)21(23(38)35-25)24-33-18-5-1-2-6-19(18)39-24/h1-2,5-8,14,17,31H,3-4,9-13,15H2,(H,34,35,38). The molecule has 5 heterocycles. The van der Waals surface area contributed by atoms with E-state index in [0.29, 0.717) is 53.2 Å². The van der Waals surface area contributed by atoms with Crippen molar-refractivity contribution in [3.05, 3.63) is 58.5 Å². The zero-order valence-corrected chi connectivity index (χ0v) is 23.6. The maximum absolute atomic E-state index is 13.6. The van der Waals surface area contributed by atoms with E-state index in [1.165, 1.54) is 17.4 Å². The Morgan fingerprint density at radius 1 is 1.03 bits per heavy atom. The number of nitrogens with zero attached hydrogens (tertiary/aromatic N) is 5. The summed E-state index contributed by atoms with van der Waals surface area (Å²) in [7, 11) is 0. The number of para-hydroxylation sites is 1. The number of aromatic nitrogens is 4. The number of H-pyrrole nitrogens is 1. The fraction of sp³-hybridized carbons (Fsp3) is 0.385. The minimum atomic E-state index is -4.41. The number of thiazole rings is 1. The van der Waals surface area contributed by atoms with E-state index >= 15 is 0 Å². The van der Waals surface area contributed by atoms with Crippen LogP contribution in [0.25, 0.3) is 20.8 Å². The molecule has 1 radical (unpaired) electrons. The molecule has 0 amide bonds. The quantitative estimate of drug-likeness (QED) is 0.333. The van der Waals surface area contributed by atoms with E-state index in [-0.39, 0.29) is 21.3 Å². The van der Waals surface area contributed by atoms with Crippen LogP contribution in [0.4, 0.5) is 24.9 Å². The molecule has 8 nitrogen and oxygen atoms in total. The molecule has 1 aromatic carbocycles. The van der Waals surface area contributed by atoms with Crippen LogP contribution in [-0.4, -0.2) is 75.0 Å². The van der Waals surface area contributed by atoms with Crippen LogP contribution in [0.1, 0.15) is 18.4 Å². The van der Waals surface area contributed by atoms with Gasteiger partial charge < -0.3 is 0 Å². The van der Waals surface area contributed by atoms with Crippen LogP contribution in [-0.2, 0) is 6.18 Å². The number of piperazine rings is 1. The van der Waals surface area contributed by atoms with E-state index in [2.05, 4.69) is 15.3 Å². The van der Waals surface area contributed by atoms with Crippen molar-refractivity contribution in [3.8, 4) is 10.6 Å². The minimum absolute atomic E-state index is 0.181. The van der Waals surface area contributed by atoms with Gasteiger partial charge in [-0.15, -0.1) is 0 Å². The first kappa shape index (κ1) is 26.3. The summed E-state index contributed by atoms with van der Waals surface area (Å²) in [5, 5.41) is 4.17. The molecule has 2 aliphatic rings. The van der Waals surface area contributed by atoms with Gasteiger partial charge in [-0.3, -0.25) is 0 Å². The zero-order valence-electron chi connectivity index (χ0n) is 20.9. The first-order valence-corrected chi connectivity index (χ1v) is 15.6. The van der Waals surface area contributed by atoms with Crippen molar-refractivity contribution in [2.45, 2.75) is 23.7 Å². The Labute approximate surface area is 233 Å². The van der Waals surface area contributed by atoms with Gasteiger partial charge in [0, 0.05) is 0 Å². The molecule has 1 unspecified atom stereocenters. The number of hydrogen-bond acceptors (Lipinski definition) is 8. The van der Waals surface area contributed by atoms with E-state index in [4.69, 9.17) is 9.97 Å². The second-order valence-corrected chi connectivity index (χ2v) is 13.6. The van der Waals surface area contributed by atoms with Gasteiger partial charge in [0.2, 0.25) is 0 Å². The fourth-order valence-electron chi connectivity index (χ4n) is 4.87. The van der Waals surface area contributed by atoms with Gasteiger partial charge in [-0.05, 0) is 0 Å². The molecule has 3 aromatic heterocycles. The second kappa shape index (κ2) is 10.9. The number of aromatic amines is 1. The summed E-state index contributed by atoms with van der Waals surface area (Å²) in [6.07, 6.45) is -1.30. The predicted molar refractivity (Wildman–Crippen MR) is 148 cm³/mol. The Morgan fingerprint density at radius 3 is 2.51 bits per heavy atom. The van der Waals surface area contributed by atoms with Gasteiger partial charge in [0.05, 0.1) is 0 Å². The monoisotopic (exact) mass is 616 g/mol. The summed E-state index contributed by atoms with van der Waals surface area (Å²) in [6.45, 7) is 4.19. The Hall–Kier alpha value is -2.95. The molecule has 0 spiro atoms. The summed E-state index contributed by atoms with van der Waals surface area (Å²) in [4.78, 5) is 34.4. The maximum atomic E-state index is 13.6. The number of benzene rings is 1.